The molecule has 1 aliphatic rings. The maximum Gasteiger partial charge on any atom is 0.0598 e. The first-order valence-electron chi connectivity index (χ1n) is 9.74. The zero-order valence-electron chi connectivity index (χ0n) is 16.8. The number of nitrogens with zero attached hydrogens (tertiary/aromatic N) is 2. The van der Waals surface area contributed by atoms with E-state index in [4.69, 9.17) is 4.74 Å². The number of rotatable bonds is 9. The number of ether oxygens (including phenoxy) is 1. The van der Waals surface area contributed by atoms with Gasteiger partial charge in [0.15, 0.2) is 0 Å². The fourth-order valence-corrected chi connectivity index (χ4v) is 3.06. The van der Waals surface area contributed by atoms with Crippen LogP contribution in [0.15, 0.2) is 0 Å². The van der Waals surface area contributed by atoms with Crippen LogP contribution in [0.5, 0.6) is 0 Å². The third-order valence-corrected chi connectivity index (χ3v) is 4.52. The topological polar surface area (TPSA) is 15.7 Å². The van der Waals surface area contributed by atoms with Crippen molar-refractivity contribution in [2.45, 2.75) is 79.2 Å². The van der Waals surface area contributed by atoms with Crippen molar-refractivity contribution in [3.05, 3.63) is 0 Å². The fraction of sp³-hybridized carbons (Fsp3) is 1.00. The van der Waals surface area contributed by atoms with Crippen LogP contribution in [0.2, 0.25) is 0 Å². The third-order valence-electron chi connectivity index (χ3n) is 4.52. The standard InChI is InChI=1S/C20H42N2O/c1-19(2,3)11-10-13-22-16-14-21(15-17-22)12-8-7-9-18-23-20(4,5)6/h7-18H2,1-6H3. The highest BCUT2D eigenvalue weighted by atomic mass is 16.5. The summed E-state index contributed by atoms with van der Waals surface area (Å²) in [7, 11) is 0. The van der Waals surface area contributed by atoms with Gasteiger partial charge < -0.3 is 14.5 Å². The highest BCUT2D eigenvalue weighted by Gasteiger charge is 2.17. The molecule has 0 saturated carbocycles. The van der Waals surface area contributed by atoms with Gasteiger partial charge in [-0.3, -0.25) is 0 Å². The summed E-state index contributed by atoms with van der Waals surface area (Å²) < 4.78 is 5.78. The first-order valence-corrected chi connectivity index (χ1v) is 9.74. The van der Waals surface area contributed by atoms with Crippen LogP contribution in [0.3, 0.4) is 0 Å². The third kappa shape index (κ3) is 12.0. The van der Waals surface area contributed by atoms with Crippen LogP contribution < -0.4 is 0 Å². The molecule has 0 N–H and O–H groups in total. The molecule has 1 aliphatic heterocycles. The molecule has 23 heavy (non-hydrogen) atoms. The molecule has 0 aromatic carbocycles. The van der Waals surface area contributed by atoms with E-state index in [0.29, 0.717) is 5.41 Å². The summed E-state index contributed by atoms with van der Waals surface area (Å²) in [5.41, 5.74) is 0.502. The lowest BCUT2D eigenvalue weighted by molar-refractivity contribution is -0.00498. The molecule has 0 atom stereocenters. The Morgan fingerprint density at radius 1 is 0.696 bits per heavy atom. The Bertz CT molecular complexity index is 293. The quantitative estimate of drug-likeness (QED) is 0.584. The maximum atomic E-state index is 5.78. The van der Waals surface area contributed by atoms with E-state index in [2.05, 4.69) is 51.3 Å². The van der Waals surface area contributed by atoms with Gasteiger partial charge in [0.25, 0.3) is 0 Å². The second-order valence-corrected chi connectivity index (χ2v) is 9.37. The van der Waals surface area contributed by atoms with E-state index < -0.39 is 0 Å². The molecule has 138 valence electrons. The maximum absolute atomic E-state index is 5.78. The van der Waals surface area contributed by atoms with Crippen molar-refractivity contribution >= 4 is 0 Å². The largest absolute Gasteiger partial charge is 0.376 e. The predicted molar refractivity (Wildman–Crippen MR) is 101 cm³/mol. The van der Waals surface area contributed by atoms with E-state index in [1.54, 1.807) is 0 Å². The summed E-state index contributed by atoms with van der Waals surface area (Å²) in [6, 6.07) is 0. The van der Waals surface area contributed by atoms with Gasteiger partial charge in [-0.1, -0.05) is 20.8 Å². The lowest BCUT2D eigenvalue weighted by Crippen LogP contribution is -2.46. The smallest absolute Gasteiger partial charge is 0.0598 e. The van der Waals surface area contributed by atoms with Crippen LogP contribution in [-0.4, -0.2) is 61.3 Å². The minimum atomic E-state index is 0.0172. The van der Waals surface area contributed by atoms with Gasteiger partial charge in [0.05, 0.1) is 5.60 Å². The van der Waals surface area contributed by atoms with Gasteiger partial charge in [-0.05, 0) is 71.4 Å². The van der Waals surface area contributed by atoms with Crippen LogP contribution in [0.1, 0.15) is 73.6 Å². The van der Waals surface area contributed by atoms with Crippen molar-refractivity contribution in [3.8, 4) is 0 Å². The Morgan fingerprint density at radius 2 is 1.22 bits per heavy atom. The van der Waals surface area contributed by atoms with Crippen molar-refractivity contribution < 1.29 is 4.74 Å². The van der Waals surface area contributed by atoms with Gasteiger partial charge in [-0.2, -0.15) is 0 Å². The van der Waals surface area contributed by atoms with Crippen molar-refractivity contribution in [2.24, 2.45) is 5.41 Å². The van der Waals surface area contributed by atoms with Gasteiger partial charge in [0.1, 0.15) is 0 Å². The number of unbranched alkanes of at least 4 members (excludes halogenated alkanes) is 2. The zero-order valence-corrected chi connectivity index (χ0v) is 16.8. The molecule has 0 radical (unpaired) electrons. The van der Waals surface area contributed by atoms with E-state index >= 15 is 0 Å². The summed E-state index contributed by atoms with van der Waals surface area (Å²) in [6.45, 7) is 21.9. The van der Waals surface area contributed by atoms with Crippen molar-refractivity contribution in [1.29, 1.82) is 0 Å². The molecule has 0 aliphatic carbocycles. The lowest BCUT2D eigenvalue weighted by Gasteiger charge is -2.35. The van der Waals surface area contributed by atoms with Gasteiger partial charge in [-0.25, -0.2) is 0 Å². The van der Waals surface area contributed by atoms with Crippen LogP contribution in [-0.2, 0) is 4.74 Å². The molecule has 0 aromatic heterocycles. The Kier molecular flexibility index (Phi) is 9.10. The first-order chi connectivity index (χ1) is 10.7. The molecule has 0 amide bonds. The summed E-state index contributed by atoms with van der Waals surface area (Å²) in [5, 5.41) is 0. The summed E-state index contributed by atoms with van der Waals surface area (Å²) in [4.78, 5) is 5.30. The number of hydrogen-bond acceptors (Lipinski definition) is 3. The average Bonchev–Trinajstić information content (AvgIpc) is 2.42. The fourth-order valence-electron chi connectivity index (χ4n) is 3.06. The molecule has 1 fully saturated rings. The molecule has 0 aromatic rings. The molecule has 1 rings (SSSR count). The normalized spacial score (nSPS) is 18.5. The van der Waals surface area contributed by atoms with Crippen LogP contribution >= 0.6 is 0 Å². The van der Waals surface area contributed by atoms with Crippen LogP contribution in [0.4, 0.5) is 0 Å². The molecule has 0 unspecified atom stereocenters. The van der Waals surface area contributed by atoms with Gasteiger partial charge >= 0.3 is 0 Å². The number of piperazine rings is 1. The van der Waals surface area contributed by atoms with Crippen molar-refractivity contribution in [2.75, 3.05) is 45.9 Å². The minimum absolute atomic E-state index is 0.0172. The second kappa shape index (κ2) is 10.0. The van der Waals surface area contributed by atoms with Crippen molar-refractivity contribution in [1.82, 2.24) is 9.80 Å². The molecular formula is C20H42N2O. The molecule has 3 nitrogen and oxygen atoms in total. The van der Waals surface area contributed by atoms with Crippen LogP contribution in [0, 0.1) is 5.41 Å². The molecule has 1 heterocycles. The molecule has 3 heteroatoms. The monoisotopic (exact) mass is 326 g/mol. The van der Waals surface area contributed by atoms with E-state index in [1.165, 1.54) is 71.4 Å². The van der Waals surface area contributed by atoms with E-state index in [0.717, 1.165) is 6.61 Å². The van der Waals surface area contributed by atoms with Gasteiger partial charge in [-0.15, -0.1) is 0 Å². The molecule has 0 spiro atoms. The van der Waals surface area contributed by atoms with Gasteiger partial charge in [0, 0.05) is 32.8 Å². The molecule has 0 bridgehead atoms. The first kappa shape index (κ1) is 20.9. The molecule has 1 saturated heterocycles. The van der Waals surface area contributed by atoms with Crippen LogP contribution in [0.25, 0.3) is 0 Å². The SMILES string of the molecule is CC(C)(C)CCCN1CCN(CCCCCOC(C)(C)C)CC1. The highest BCUT2D eigenvalue weighted by molar-refractivity contribution is 4.73. The number of hydrogen-bond donors (Lipinski definition) is 0. The Hall–Kier alpha value is -0.120. The summed E-state index contributed by atoms with van der Waals surface area (Å²) >= 11 is 0. The Morgan fingerprint density at radius 3 is 1.70 bits per heavy atom. The second-order valence-electron chi connectivity index (χ2n) is 9.37. The molecular weight excluding hydrogens is 284 g/mol. The lowest BCUT2D eigenvalue weighted by atomic mass is 9.90. The average molecular weight is 327 g/mol. The highest BCUT2D eigenvalue weighted by Crippen LogP contribution is 2.20. The Balaban J connectivity index is 1.98. The van der Waals surface area contributed by atoms with Gasteiger partial charge in [0.2, 0.25) is 0 Å². The van der Waals surface area contributed by atoms with E-state index in [-0.39, 0.29) is 5.60 Å². The minimum Gasteiger partial charge on any atom is -0.376 e. The predicted octanol–water partition coefficient (Wildman–Crippen LogP) is 4.42. The van der Waals surface area contributed by atoms with E-state index in [9.17, 15) is 0 Å². The summed E-state index contributed by atoms with van der Waals surface area (Å²) in [5.74, 6) is 0. The Labute approximate surface area is 145 Å². The zero-order chi connectivity index (χ0) is 17.3. The van der Waals surface area contributed by atoms with E-state index in [1.807, 2.05) is 0 Å². The summed E-state index contributed by atoms with van der Waals surface area (Å²) in [6.07, 6.45) is 6.49. The van der Waals surface area contributed by atoms with Crippen molar-refractivity contribution in [3.63, 3.8) is 0 Å².